The summed E-state index contributed by atoms with van der Waals surface area (Å²) in [5, 5.41) is 13.2. The normalized spacial score (nSPS) is 14.9. The van der Waals surface area contributed by atoms with Crippen molar-refractivity contribution in [3.63, 3.8) is 0 Å². The third-order valence-electron chi connectivity index (χ3n) is 3.63. The van der Waals surface area contributed by atoms with E-state index in [4.69, 9.17) is 4.74 Å². The molecule has 0 unspecified atom stereocenters. The lowest BCUT2D eigenvalue weighted by Crippen LogP contribution is -2.28. The van der Waals surface area contributed by atoms with E-state index < -0.39 is 0 Å². The number of rotatable bonds is 3. The minimum absolute atomic E-state index is 0.0617. The van der Waals surface area contributed by atoms with E-state index in [1.54, 1.807) is 0 Å². The van der Waals surface area contributed by atoms with Gasteiger partial charge in [-0.05, 0) is 36.5 Å². The Labute approximate surface area is 131 Å². The van der Waals surface area contributed by atoms with E-state index in [2.05, 4.69) is 37.4 Å². The summed E-state index contributed by atoms with van der Waals surface area (Å²) >= 11 is 0. The number of aryl methyl sites for hydroxylation is 1. The Morgan fingerprint density at radius 1 is 1.36 bits per heavy atom. The van der Waals surface area contributed by atoms with Crippen LogP contribution in [0.4, 0.5) is 0 Å². The zero-order valence-electron chi connectivity index (χ0n) is 13.5. The predicted molar refractivity (Wildman–Crippen MR) is 84.9 cm³/mol. The SMILES string of the molecule is Cc1cc(OCC2=NNC(=O)CC2)c(C(C)(C)C)cc1C#N. The fourth-order valence-corrected chi connectivity index (χ4v) is 2.28. The average Bonchev–Trinajstić information content (AvgIpc) is 2.45. The minimum Gasteiger partial charge on any atom is -0.487 e. The molecule has 5 heteroatoms. The van der Waals surface area contributed by atoms with Gasteiger partial charge in [-0.1, -0.05) is 20.8 Å². The molecule has 1 aromatic rings. The van der Waals surface area contributed by atoms with E-state index in [-0.39, 0.29) is 11.3 Å². The molecular weight excluding hydrogens is 278 g/mol. The van der Waals surface area contributed by atoms with E-state index in [1.165, 1.54) is 0 Å². The van der Waals surface area contributed by atoms with Crippen LogP contribution in [0, 0.1) is 18.3 Å². The third-order valence-corrected chi connectivity index (χ3v) is 3.63. The van der Waals surface area contributed by atoms with Crippen molar-refractivity contribution in [3.8, 4) is 11.8 Å². The summed E-state index contributed by atoms with van der Waals surface area (Å²) in [5.41, 5.74) is 5.72. The number of nitrogens with one attached hydrogen (secondary N) is 1. The molecule has 0 radical (unpaired) electrons. The van der Waals surface area contributed by atoms with Crippen LogP contribution in [-0.4, -0.2) is 18.2 Å². The largest absolute Gasteiger partial charge is 0.487 e. The number of benzene rings is 1. The summed E-state index contributed by atoms with van der Waals surface area (Å²) in [5.74, 6) is 0.706. The van der Waals surface area contributed by atoms with Crippen LogP contribution >= 0.6 is 0 Å². The van der Waals surface area contributed by atoms with E-state index >= 15 is 0 Å². The molecule has 1 aromatic carbocycles. The molecule has 1 aliphatic rings. The van der Waals surface area contributed by atoms with Crippen LogP contribution in [0.15, 0.2) is 17.2 Å². The van der Waals surface area contributed by atoms with Crippen LogP contribution in [0.25, 0.3) is 0 Å². The summed E-state index contributed by atoms with van der Waals surface area (Å²) in [4.78, 5) is 11.1. The molecule has 0 atom stereocenters. The van der Waals surface area contributed by atoms with Gasteiger partial charge in [0.15, 0.2) is 0 Å². The standard InChI is InChI=1S/C17H21N3O2/c1-11-7-15(14(17(2,3)4)8-12(11)9-18)22-10-13-5-6-16(21)20-19-13/h7-8H,5-6,10H2,1-4H3,(H,20,21). The lowest BCUT2D eigenvalue weighted by Gasteiger charge is -2.24. The molecule has 116 valence electrons. The lowest BCUT2D eigenvalue weighted by molar-refractivity contribution is -0.121. The van der Waals surface area contributed by atoms with Gasteiger partial charge in [0.2, 0.25) is 5.91 Å². The highest BCUT2D eigenvalue weighted by Gasteiger charge is 2.21. The number of hydrogen-bond donors (Lipinski definition) is 1. The monoisotopic (exact) mass is 299 g/mol. The van der Waals surface area contributed by atoms with Crippen molar-refractivity contribution >= 4 is 11.6 Å². The zero-order valence-corrected chi connectivity index (χ0v) is 13.5. The molecule has 2 rings (SSSR count). The second-order valence-corrected chi connectivity index (χ2v) is 6.53. The number of hydrogen-bond acceptors (Lipinski definition) is 4. The van der Waals surface area contributed by atoms with Crippen molar-refractivity contribution in [1.29, 1.82) is 5.26 Å². The van der Waals surface area contributed by atoms with Crippen LogP contribution in [-0.2, 0) is 10.2 Å². The van der Waals surface area contributed by atoms with Gasteiger partial charge < -0.3 is 4.74 Å². The van der Waals surface area contributed by atoms with Gasteiger partial charge in [-0.3, -0.25) is 4.79 Å². The second-order valence-electron chi connectivity index (χ2n) is 6.53. The summed E-state index contributed by atoms with van der Waals surface area (Å²) in [7, 11) is 0. The predicted octanol–water partition coefficient (Wildman–Crippen LogP) is 2.81. The first-order chi connectivity index (χ1) is 10.3. The van der Waals surface area contributed by atoms with E-state index in [0.717, 1.165) is 22.6 Å². The first kappa shape index (κ1) is 16.0. The van der Waals surface area contributed by atoms with E-state index in [9.17, 15) is 10.1 Å². The maximum Gasteiger partial charge on any atom is 0.240 e. The highest BCUT2D eigenvalue weighted by Crippen LogP contribution is 2.33. The highest BCUT2D eigenvalue weighted by atomic mass is 16.5. The van der Waals surface area contributed by atoms with Gasteiger partial charge in [-0.15, -0.1) is 0 Å². The molecule has 0 aliphatic carbocycles. The number of carbonyl (C=O) groups excluding carboxylic acids is 1. The molecule has 0 saturated carbocycles. The maximum absolute atomic E-state index is 11.1. The second kappa shape index (κ2) is 6.18. The average molecular weight is 299 g/mol. The number of carbonyl (C=O) groups is 1. The molecule has 0 fully saturated rings. The molecule has 0 saturated heterocycles. The van der Waals surface area contributed by atoms with E-state index in [0.29, 0.717) is 25.0 Å². The fourth-order valence-electron chi connectivity index (χ4n) is 2.28. The molecule has 0 bridgehead atoms. The molecule has 1 heterocycles. The molecule has 1 amide bonds. The molecule has 1 aliphatic heterocycles. The van der Waals surface area contributed by atoms with Crippen molar-refractivity contribution in [3.05, 3.63) is 28.8 Å². The Morgan fingerprint density at radius 2 is 2.09 bits per heavy atom. The van der Waals surface area contributed by atoms with Crippen molar-refractivity contribution in [2.75, 3.05) is 6.61 Å². The summed E-state index contributed by atoms with van der Waals surface area (Å²) in [6.45, 7) is 8.50. The van der Waals surface area contributed by atoms with Crippen LogP contribution in [0.1, 0.15) is 50.3 Å². The van der Waals surface area contributed by atoms with Crippen molar-refractivity contribution in [2.45, 2.75) is 46.0 Å². The molecular formula is C17H21N3O2. The van der Waals surface area contributed by atoms with Crippen molar-refractivity contribution in [1.82, 2.24) is 5.43 Å². The van der Waals surface area contributed by atoms with Gasteiger partial charge in [-0.25, -0.2) is 5.43 Å². The van der Waals surface area contributed by atoms with Crippen LogP contribution in [0.2, 0.25) is 0 Å². The number of amides is 1. The summed E-state index contributed by atoms with van der Waals surface area (Å²) < 4.78 is 5.93. The maximum atomic E-state index is 11.1. The number of nitriles is 1. The summed E-state index contributed by atoms with van der Waals surface area (Å²) in [6, 6.07) is 6.02. The first-order valence-electron chi connectivity index (χ1n) is 7.33. The van der Waals surface area contributed by atoms with Gasteiger partial charge in [0, 0.05) is 12.0 Å². The van der Waals surface area contributed by atoms with Gasteiger partial charge in [0.1, 0.15) is 12.4 Å². The van der Waals surface area contributed by atoms with Gasteiger partial charge in [-0.2, -0.15) is 10.4 Å². The van der Waals surface area contributed by atoms with E-state index in [1.807, 2.05) is 19.1 Å². The van der Waals surface area contributed by atoms with Gasteiger partial charge in [0.25, 0.3) is 0 Å². The molecule has 1 N–H and O–H groups in total. The quantitative estimate of drug-likeness (QED) is 0.932. The Balaban J connectivity index is 2.25. The molecule has 22 heavy (non-hydrogen) atoms. The zero-order chi connectivity index (χ0) is 16.3. The third kappa shape index (κ3) is 3.64. The van der Waals surface area contributed by atoms with Crippen molar-refractivity contribution in [2.24, 2.45) is 5.10 Å². The minimum atomic E-state index is -0.128. The van der Waals surface area contributed by atoms with Gasteiger partial charge >= 0.3 is 0 Å². The first-order valence-corrected chi connectivity index (χ1v) is 7.33. The smallest absolute Gasteiger partial charge is 0.240 e. The van der Waals surface area contributed by atoms with Crippen LogP contribution in [0.5, 0.6) is 5.75 Å². The Kier molecular flexibility index (Phi) is 4.51. The molecule has 5 nitrogen and oxygen atoms in total. The summed E-state index contributed by atoms with van der Waals surface area (Å²) in [6.07, 6.45) is 1.06. The molecule has 0 aromatic heterocycles. The van der Waals surface area contributed by atoms with Gasteiger partial charge in [0.05, 0.1) is 17.3 Å². The Morgan fingerprint density at radius 3 is 2.64 bits per heavy atom. The Hall–Kier alpha value is -2.35. The number of hydrazone groups is 1. The van der Waals surface area contributed by atoms with Crippen molar-refractivity contribution < 1.29 is 9.53 Å². The topological polar surface area (TPSA) is 74.5 Å². The Bertz CT molecular complexity index is 664. The van der Waals surface area contributed by atoms with Crippen LogP contribution in [0.3, 0.4) is 0 Å². The highest BCUT2D eigenvalue weighted by molar-refractivity contribution is 5.93. The number of nitrogens with zero attached hydrogens (tertiary/aromatic N) is 2. The number of ether oxygens (including phenoxy) is 1. The van der Waals surface area contributed by atoms with Crippen LogP contribution < -0.4 is 10.2 Å². The molecule has 0 spiro atoms. The fraction of sp³-hybridized carbons (Fsp3) is 0.471. The lowest BCUT2D eigenvalue weighted by atomic mass is 9.84.